The van der Waals surface area contributed by atoms with Crippen molar-refractivity contribution in [2.24, 2.45) is 5.92 Å². The molecule has 10 nitrogen and oxygen atoms in total. The predicted octanol–water partition coefficient (Wildman–Crippen LogP) is 3.88. The Bertz CT molecular complexity index is 1290. The number of benzene rings is 1. The van der Waals surface area contributed by atoms with Crippen molar-refractivity contribution in [3.05, 3.63) is 58.3 Å². The van der Waals surface area contributed by atoms with Crippen molar-refractivity contribution in [1.82, 2.24) is 19.5 Å². The van der Waals surface area contributed by atoms with Crippen LogP contribution in [0.1, 0.15) is 45.7 Å². The number of nitrogens with zero attached hydrogens (tertiary/aromatic N) is 5. The molecule has 3 rings (SSSR count). The second-order valence-electron chi connectivity index (χ2n) is 9.47. The number of aliphatic carboxylic acids is 1. The van der Waals surface area contributed by atoms with Crippen molar-refractivity contribution in [1.29, 1.82) is 0 Å². The highest BCUT2D eigenvalue weighted by atomic mass is 16.5. The number of hydrogen-bond donors (Lipinski definition) is 2. The molecule has 0 saturated heterocycles. The Morgan fingerprint density at radius 1 is 1.11 bits per heavy atom. The molecule has 0 saturated carbocycles. The molecule has 2 heterocycles. The zero-order chi connectivity index (χ0) is 27.8. The van der Waals surface area contributed by atoms with Crippen LogP contribution in [-0.4, -0.2) is 56.8 Å². The van der Waals surface area contributed by atoms with Crippen molar-refractivity contribution in [3.8, 4) is 17.0 Å². The minimum Gasteiger partial charge on any atom is -0.480 e. The summed E-state index contributed by atoms with van der Waals surface area (Å²) in [5.74, 6) is 0.743. The van der Waals surface area contributed by atoms with Gasteiger partial charge in [0.15, 0.2) is 0 Å². The van der Waals surface area contributed by atoms with Crippen LogP contribution in [0.25, 0.3) is 11.1 Å². The second kappa shape index (κ2) is 13.0. The summed E-state index contributed by atoms with van der Waals surface area (Å²) < 4.78 is 6.84. The molecule has 0 unspecified atom stereocenters. The van der Waals surface area contributed by atoms with Crippen LogP contribution in [0.3, 0.4) is 0 Å². The van der Waals surface area contributed by atoms with Crippen LogP contribution in [0.2, 0.25) is 0 Å². The van der Waals surface area contributed by atoms with Crippen LogP contribution < -0.4 is 20.5 Å². The smallest absolute Gasteiger partial charge is 0.326 e. The number of methoxy groups -OCH3 is 1. The monoisotopic (exact) mass is 522 g/mol. The second-order valence-corrected chi connectivity index (χ2v) is 9.47. The molecule has 0 aliphatic heterocycles. The molecule has 10 heteroatoms. The van der Waals surface area contributed by atoms with E-state index in [-0.39, 0.29) is 17.9 Å². The normalized spacial score (nSPS) is 11.9. The maximum Gasteiger partial charge on any atom is 0.326 e. The number of carbonyl (C=O) groups is 1. The van der Waals surface area contributed by atoms with Gasteiger partial charge in [-0.2, -0.15) is 4.98 Å². The summed E-state index contributed by atoms with van der Waals surface area (Å²) >= 11 is 0. The van der Waals surface area contributed by atoms with Crippen molar-refractivity contribution in [3.63, 3.8) is 0 Å². The molecule has 0 spiro atoms. The predicted molar refractivity (Wildman–Crippen MR) is 149 cm³/mol. The summed E-state index contributed by atoms with van der Waals surface area (Å²) in [6, 6.07) is 6.33. The highest BCUT2D eigenvalue weighted by molar-refractivity contribution is 5.78. The summed E-state index contributed by atoms with van der Waals surface area (Å²) in [4.78, 5) is 40.7. The molecule has 1 atom stereocenters. The van der Waals surface area contributed by atoms with Crippen molar-refractivity contribution >= 4 is 17.7 Å². The fourth-order valence-electron chi connectivity index (χ4n) is 4.28. The third kappa shape index (κ3) is 6.67. The highest BCUT2D eigenvalue weighted by Gasteiger charge is 2.22. The van der Waals surface area contributed by atoms with Gasteiger partial charge in [-0.05, 0) is 44.2 Å². The lowest BCUT2D eigenvalue weighted by atomic mass is 10.0. The fraction of sp³-hybridized carbons (Fsp3) is 0.464. The summed E-state index contributed by atoms with van der Waals surface area (Å²) in [6.45, 7) is 12.1. The topological polar surface area (TPSA) is 122 Å². The summed E-state index contributed by atoms with van der Waals surface area (Å²) in [5.41, 5.74) is 2.52. The van der Waals surface area contributed by atoms with E-state index < -0.39 is 12.0 Å². The van der Waals surface area contributed by atoms with Gasteiger partial charge in [0.05, 0.1) is 7.11 Å². The van der Waals surface area contributed by atoms with E-state index in [2.05, 4.69) is 29.1 Å². The van der Waals surface area contributed by atoms with Gasteiger partial charge in [-0.25, -0.2) is 14.8 Å². The maximum atomic E-state index is 12.9. The van der Waals surface area contributed by atoms with Crippen LogP contribution in [0.15, 0.2) is 41.6 Å². The van der Waals surface area contributed by atoms with Crippen molar-refractivity contribution < 1.29 is 14.6 Å². The van der Waals surface area contributed by atoms with Crippen LogP contribution in [0, 0.1) is 5.92 Å². The van der Waals surface area contributed by atoms with Crippen LogP contribution in [-0.2, 0) is 24.2 Å². The minimum absolute atomic E-state index is 0.192. The number of rotatable bonds is 13. The number of nitrogens with one attached hydrogen (secondary N) is 1. The average molecular weight is 523 g/mol. The number of hydrogen-bond acceptors (Lipinski definition) is 8. The molecule has 3 aromatic rings. The molecule has 0 amide bonds. The van der Waals surface area contributed by atoms with Crippen molar-refractivity contribution in [2.75, 3.05) is 30.4 Å². The molecule has 0 aliphatic carbocycles. The largest absolute Gasteiger partial charge is 0.480 e. The first-order chi connectivity index (χ1) is 18.2. The van der Waals surface area contributed by atoms with Crippen LogP contribution in [0.5, 0.6) is 5.88 Å². The molecular weight excluding hydrogens is 484 g/mol. The zero-order valence-corrected chi connectivity index (χ0v) is 23.1. The molecule has 0 radical (unpaired) electrons. The highest BCUT2D eigenvalue weighted by Crippen LogP contribution is 2.26. The van der Waals surface area contributed by atoms with Gasteiger partial charge in [-0.1, -0.05) is 38.1 Å². The first-order valence-electron chi connectivity index (χ1n) is 13.0. The van der Waals surface area contributed by atoms with Gasteiger partial charge in [-0.15, -0.1) is 0 Å². The average Bonchev–Trinajstić information content (AvgIpc) is 2.90. The standard InChI is InChI=1S/C28H38N6O4/c1-7-33(8-2)28-29-16-21(14-18(4)5)24(32-28)31-22(27(36)37)15-19-10-12-20(13-11-19)23-25(38-6)30-17-34(9-3)26(23)35/h10-13,16-18,22H,7-9,14-15H2,1-6H3,(H,36,37)(H,29,31,32)/t22-/m0/s1. The fourth-order valence-corrected chi connectivity index (χ4v) is 4.28. The molecule has 1 aromatic carbocycles. The lowest BCUT2D eigenvalue weighted by Gasteiger charge is -2.23. The Labute approximate surface area is 223 Å². The van der Waals surface area contributed by atoms with E-state index in [0.29, 0.717) is 35.4 Å². The minimum atomic E-state index is -0.979. The SMILES string of the molecule is CCN(CC)c1ncc(CC(C)C)c(N[C@@H](Cc2ccc(-c3c(OC)ncn(CC)c3=O)cc2)C(=O)O)n1. The molecular formula is C28H38N6O4. The third-order valence-corrected chi connectivity index (χ3v) is 6.35. The first kappa shape index (κ1) is 28.6. The number of carboxylic acid groups (broad SMARTS) is 1. The van der Waals surface area contributed by atoms with E-state index in [1.54, 1.807) is 18.3 Å². The lowest BCUT2D eigenvalue weighted by molar-refractivity contribution is -0.137. The summed E-state index contributed by atoms with van der Waals surface area (Å²) in [6.07, 6.45) is 4.21. The Balaban J connectivity index is 1.90. The van der Waals surface area contributed by atoms with Gasteiger partial charge in [0.2, 0.25) is 11.8 Å². The van der Waals surface area contributed by atoms with Gasteiger partial charge < -0.3 is 20.1 Å². The Morgan fingerprint density at radius 3 is 2.34 bits per heavy atom. The van der Waals surface area contributed by atoms with E-state index in [0.717, 1.165) is 30.6 Å². The lowest BCUT2D eigenvalue weighted by Crippen LogP contribution is -2.33. The molecule has 2 N–H and O–H groups in total. The van der Waals surface area contributed by atoms with Crippen molar-refractivity contribution in [2.45, 2.75) is 60.0 Å². The number of carboxylic acids is 1. The summed E-state index contributed by atoms with van der Waals surface area (Å²) in [7, 11) is 1.48. The Hall–Kier alpha value is -3.95. The summed E-state index contributed by atoms with van der Waals surface area (Å²) in [5, 5.41) is 13.2. The van der Waals surface area contributed by atoms with Gasteiger partial charge in [-0.3, -0.25) is 9.36 Å². The maximum absolute atomic E-state index is 12.9. The molecule has 0 bridgehead atoms. The molecule has 38 heavy (non-hydrogen) atoms. The quantitative estimate of drug-likeness (QED) is 0.344. The number of anilines is 2. The van der Waals surface area contributed by atoms with E-state index in [1.807, 2.05) is 37.8 Å². The third-order valence-electron chi connectivity index (χ3n) is 6.35. The van der Waals surface area contributed by atoms with Crippen LogP contribution in [0.4, 0.5) is 11.8 Å². The van der Waals surface area contributed by atoms with Gasteiger partial charge in [0, 0.05) is 37.8 Å². The van der Waals surface area contributed by atoms with E-state index in [1.165, 1.54) is 18.0 Å². The Morgan fingerprint density at radius 2 is 1.79 bits per heavy atom. The number of aromatic nitrogens is 4. The first-order valence-corrected chi connectivity index (χ1v) is 13.0. The van der Waals surface area contributed by atoms with E-state index >= 15 is 0 Å². The zero-order valence-electron chi connectivity index (χ0n) is 23.1. The van der Waals surface area contributed by atoms with Gasteiger partial charge >= 0.3 is 5.97 Å². The number of aryl methyl sites for hydroxylation is 1. The molecule has 2 aromatic heterocycles. The van der Waals surface area contributed by atoms with Crippen LogP contribution >= 0.6 is 0 Å². The van der Waals surface area contributed by atoms with E-state index in [9.17, 15) is 14.7 Å². The van der Waals surface area contributed by atoms with Gasteiger partial charge in [0.25, 0.3) is 5.56 Å². The van der Waals surface area contributed by atoms with E-state index in [4.69, 9.17) is 9.72 Å². The molecule has 204 valence electrons. The molecule has 0 fully saturated rings. The molecule has 0 aliphatic rings. The van der Waals surface area contributed by atoms with Gasteiger partial charge in [0.1, 0.15) is 23.8 Å². The Kier molecular flexibility index (Phi) is 9.81. The number of ether oxygens (including phenoxy) is 1.